The molecule has 0 aliphatic heterocycles. The molecular formula is C27H27N. The summed E-state index contributed by atoms with van der Waals surface area (Å²) in [6.07, 6.45) is 16.8. The van der Waals surface area contributed by atoms with Crippen molar-refractivity contribution in [3.63, 3.8) is 0 Å². The van der Waals surface area contributed by atoms with Crippen molar-refractivity contribution < 1.29 is 0 Å². The van der Waals surface area contributed by atoms with Crippen LogP contribution in [0.3, 0.4) is 0 Å². The minimum absolute atomic E-state index is 0.944. The van der Waals surface area contributed by atoms with E-state index in [1.165, 1.54) is 27.6 Å². The fraction of sp³-hybridized carbons (Fsp3) is 0.111. The Balaban J connectivity index is 2.24. The average Bonchev–Trinajstić information content (AvgIpc) is 3.00. The molecular weight excluding hydrogens is 338 g/mol. The van der Waals surface area contributed by atoms with Crippen LogP contribution in [0.5, 0.6) is 0 Å². The van der Waals surface area contributed by atoms with Crippen LogP contribution in [-0.2, 0) is 0 Å². The molecule has 28 heavy (non-hydrogen) atoms. The van der Waals surface area contributed by atoms with Crippen molar-refractivity contribution in [3.05, 3.63) is 108 Å². The average molecular weight is 366 g/mol. The van der Waals surface area contributed by atoms with Crippen molar-refractivity contribution in [2.75, 3.05) is 0 Å². The zero-order valence-electron chi connectivity index (χ0n) is 16.9. The maximum atomic E-state index is 4.33. The molecule has 2 aromatic carbocycles. The Morgan fingerprint density at radius 2 is 1.68 bits per heavy atom. The second kappa shape index (κ2) is 9.05. The first kappa shape index (κ1) is 19.4. The van der Waals surface area contributed by atoms with Gasteiger partial charge in [-0.25, -0.2) is 0 Å². The Hall–Kier alpha value is -3.32. The molecule has 0 bridgehead atoms. The van der Waals surface area contributed by atoms with Crippen LogP contribution in [0.1, 0.15) is 36.2 Å². The van der Waals surface area contributed by atoms with Gasteiger partial charge in [0.05, 0.1) is 11.2 Å². The van der Waals surface area contributed by atoms with Gasteiger partial charge in [0, 0.05) is 16.6 Å². The monoisotopic (exact) mass is 365 g/mol. The molecule has 3 aromatic rings. The molecule has 0 spiro atoms. The van der Waals surface area contributed by atoms with Gasteiger partial charge in [0.1, 0.15) is 0 Å². The van der Waals surface area contributed by atoms with Gasteiger partial charge in [-0.1, -0.05) is 85.0 Å². The van der Waals surface area contributed by atoms with E-state index in [1.54, 1.807) is 0 Å². The van der Waals surface area contributed by atoms with E-state index in [2.05, 4.69) is 97.8 Å². The summed E-state index contributed by atoms with van der Waals surface area (Å²) in [7, 11) is 0. The molecule has 1 heteroatoms. The Kier molecular flexibility index (Phi) is 6.29. The summed E-state index contributed by atoms with van der Waals surface area (Å²) in [5, 5.41) is 1.24. The normalized spacial score (nSPS) is 12.4. The van der Waals surface area contributed by atoms with Crippen LogP contribution in [0.4, 0.5) is 0 Å². The van der Waals surface area contributed by atoms with Crippen LogP contribution in [0.15, 0.2) is 85.5 Å². The summed E-state index contributed by atoms with van der Waals surface area (Å²) in [6, 6.07) is 17.0. The van der Waals surface area contributed by atoms with Crippen molar-refractivity contribution in [1.82, 2.24) is 4.57 Å². The summed E-state index contributed by atoms with van der Waals surface area (Å²) in [5.41, 5.74) is 6.91. The van der Waals surface area contributed by atoms with Gasteiger partial charge < -0.3 is 4.57 Å². The first-order valence-corrected chi connectivity index (χ1v) is 9.65. The van der Waals surface area contributed by atoms with Crippen LogP contribution in [0.2, 0.25) is 0 Å². The number of allylic oxidation sites excluding steroid dienone is 6. The molecule has 0 saturated carbocycles. The van der Waals surface area contributed by atoms with Gasteiger partial charge in [-0.2, -0.15) is 0 Å². The summed E-state index contributed by atoms with van der Waals surface area (Å²) in [5.74, 6) is 0. The molecule has 0 fully saturated rings. The molecule has 0 aliphatic carbocycles. The molecule has 1 nitrogen and oxygen atoms in total. The highest BCUT2D eigenvalue weighted by atomic mass is 15.0. The number of aromatic nitrogens is 1. The number of nitrogens with zero attached hydrogens (tertiary/aromatic N) is 1. The highest BCUT2D eigenvalue weighted by Crippen LogP contribution is 2.32. The second-order valence-corrected chi connectivity index (χ2v) is 6.78. The number of hydrogen-bond acceptors (Lipinski definition) is 0. The molecule has 3 rings (SSSR count). The van der Waals surface area contributed by atoms with E-state index in [0.29, 0.717) is 0 Å². The van der Waals surface area contributed by atoms with Gasteiger partial charge in [0.25, 0.3) is 0 Å². The first-order valence-electron chi connectivity index (χ1n) is 9.65. The van der Waals surface area contributed by atoms with Gasteiger partial charge in [0.2, 0.25) is 0 Å². The third-order valence-electron chi connectivity index (χ3n) is 4.65. The third-order valence-corrected chi connectivity index (χ3v) is 4.65. The smallest absolute Gasteiger partial charge is 0.0541 e. The quantitative estimate of drug-likeness (QED) is 0.393. The van der Waals surface area contributed by atoms with Crippen molar-refractivity contribution in [2.45, 2.75) is 20.8 Å². The Labute approximate surface area is 168 Å². The van der Waals surface area contributed by atoms with E-state index in [0.717, 1.165) is 11.4 Å². The fourth-order valence-corrected chi connectivity index (χ4v) is 3.35. The predicted molar refractivity (Wildman–Crippen MR) is 126 cm³/mol. The topological polar surface area (TPSA) is 4.93 Å². The maximum absolute atomic E-state index is 4.33. The number of hydrogen-bond donors (Lipinski definition) is 0. The van der Waals surface area contributed by atoms with Crippen molar-refractivity contribution in [1.29, 1.82) is 0 Å². The van der Waals surface area contributed by atoms with Gasteiger partial charge >= 0.3 is 0 Å². The Bertz CT molecular complexity index is 1090. The minimum atomic E-state index is 0.944. The SMILES string of the molecule is C=C(/C=C\C=C/C)n1c(/C=C\C)c(/C=C/c2ccccc2)c2cc(C)ccc21. The molecule has 1 heterocycles. The summed E-state index contributed by atoms with van der Waals surface area (Å²) in [4.78, 5) is 0. The molecule has 0 aliphatic rings. The predicted octanol–water partition coefficient (Wildman–Crippen LogP) is 7.76. The lowest BCUT2D eigenvalue weighted by Gasteiger charge is -2.09. The summed E-state index contributed by atoms with van der Waals surface area (Å²) >= 11 is 0. The lowest BCUT2D eigenvalue weighted by atomic mass is 10.1. The van der Waals surface area contributed by atoms with Crippen molar-refractivity contribution in [3.8, 4) is 0 Å². The number of rotatable bonds is 6. The lowest BCUT2D eigenvalue weighted by molar-refractivity contribution is 1.16. The van der Waals surface area contributed by atoms with Crippen molar-refractivity contribution >= 4 is 34.8 Å². The van der Waals surface area contributed by atoms with Gasteiger partial charge in [-0.3, -0.25) is 0 Å². The standard InChI is InChI=1S/C27H27N/c1-5-7-9-13-22(4)28-26(12-6-2)24(18-17-23-14-10-8-11-15-23)25-20-21(3)16-19-27(25)28/h5-20H,4H2,1-3H3/b7-5-,12-6-,13-9-,18-17+. The first-order chi connectivity index (χ1) is 13.7. The highest BCUT2D eigenvalue weighted by molar-refractivity contribution is 5.99. The van der Waals surface area contributed by atoms with Gasteiger partial charge in [-0.05, 0) is 50.6 Å². The van der Waals surface area contributed by atoms with E-state index in [1.807, 2.05) is 31.2 Å². The van der Waals surface area contributed by atoms with E-state index in [-0.39, 0.29) is 0 Å². The van der Waals surface area contributed by atoms with Crippen LogP contribution in [0, 0.1) is 6.92 Å². The van der Waals surface area contributed by atoms with E-state index >= 15 is 0 Å². The molecule has 0 unspecified atom stereocenters. The Morgan fingerprint density at radius 3 is 2.39 bits per heavy atom. The van der Waals surface area contributed by atoms with E-state index in [9.17, 15) is 0 Å². The third kappa shape index (κ3) is 4.15. The molecule has 1 aromatic heterocycles. The molecule has 0 N–H and O–H groups in total. The number of fused-ring (bicyclic) bond motifs is 1. The van der Waals surface area contributed by atoms with Gasteiger partial charge in [0.15, 0.2) is 0 Å². The van der Waals surface area contributed by atoms with E-state index < -0.39 is 0 Å². The molecule has 0 radical (unpaired) electrons. The second-order valence-electron chi connectivity index (χ2n) is 6.78. The van der Waals surface area contributed by atoms with Crippen LogP contribution < -0.4 is 0 Å². The van der Waals surface area contributed by atoms with E-state index in [4.69, 9.17) is 0 Å². The molecule has 0 saturated heterocycles. The number of aryl methyl sites for hydroxylation is 1. The summed E-state index contributed by atoms with van der Waals surface area (Å²) in [6.45, 7) is 10.5. The van der Waals surface area contributed by atoms with Crippen molar-refractivity contribution in [2.24, 2.45) is 0 Å². The number of benzene rings is 2. The highest BCUT2D eigenvalue weighted by Gasteiger charge is 2.14. The molecule has 0 amide bonds. The lowest BCUT2D eigenvalue weighted by Crippen LogP contribution is -1.96. The minimum Gasteiger partial charge on any atom is -0.310 e. The fourth-order valence-electron chi connectivity index (χ4n) is 3.35. The summed E-state index contributed by atoms with van der Waals surface area (Å²) < 4.78 is 2.24. The van der Waals surface area contributed by atoms with Crippen LogP contribution >= 0.6 is 0 Å². The zero-order valence-corrected chi connectivity index (χ0v) is 16.9. The molecule has 140 valence electrons. The maximum Gasteiger partial charge on any atom is 0.0541 e. The molecule has 0 atom stereocenters. The Morgan fingerprint density at radius 1 is 0.893 bits per heavy atom. The van der Waals surface area contributed by atoms with Crippen LogP contribution in [0.25, 0.3) is 34.8 Å². The zero-order chi connectivity index (χ0) is 19.9. The largest absolute Gasteiger partial charge is 0.310 e. The van der Waals surface area contributed by atoms with Crippen LogP contribution in [-0.4, -0.2) is 4.57 Å². The van der Waals surface area contributed by atoms with Gasteiger partial charge in [-0.15, -0.1) is 0 Å².